The molecule has 0 spiro atoms. The number of hydrogen-bond donors (Lipinski definition) is 2. The number of anilines is 2. The molecular weight excluding hydrogens is 382 g/mol. The molecule has 3 N–H and O–H groups in total. The van der Waals surface area contributed by atoms with E-state index in [2.05, 4.69) is 25.3 Å². The molecule has 1 aliphatic heterocycles. The van der Waals surface area contributed by atoms with Crippen LogP contribution in [-0.2, 0) is 28.4 Å². The number of hydrogen-bond acceptors (Lipinski definition) is 8. The maximum atomic E-state index is 11.4. The highest BCUT2D eigenvalue weighted by Gasteiger charge is 2.18. The van der Waals surface area contributed by atoms with Gasteiger partial charge >= 0.3 is 0 Å². The molecule has 28 heavy (non-hydrogen) atoms. The van der Waals surface area contributed by atoms with Crippen molar-refractivity contribution in [1.82, 2.24) is 19.7 Å². The van der Waals surface area contributed by atoms with Crippen LogP contribution < -0.4 is 15.4 Å². The first kappa shape index (κ1) is 18.6. The zero-order valence-corrected chi connectivity index (χ0v) is 16.2. The summed E-state index contributed by atoms with van der Waals surface area (Å²) in [6, 6.07) is 6.42. The summed E-state index contributed by atoms with van der Waals surface area (Å²) in [4.78, 5) is 11.5. The predicted octanol–water partition coefficient (Wildman–Crippen LogP) is 0.459. The largest absolute Gasteiger partial charge is 0.378 e. The Morgan fingerprint density at radius 1 is 1.18 bits per heavy atom. The maximum absolute atomic E-state index is 11.4. The van der Waals surface area contributed by atoms with Gasteiger partial charge in [0, 0.05) is 26.7 Å². The van der Waals surface area contributed by atoms with Crippen LogP contribution in [0.25, 0.3) is 11.0 Å². The molecule has 1 fully saturated rings. The van der Waals surface area contributed by atoms with Crippen LogP contribution >= 0.6 is 0 Å². The summed E-state index contributed by atoms with van der Waals surface area (Å²) in [6.07, 6.45) is 1.73. The number of nitrogens with one attached hydrogen (secondary N) is 1. The number of sulfonamides is 1. The van der Waals surface area contributed by atoms with Crippen molar-refractivity contribution in [3.05, 3.63) is 36.0 Å². The van der Waals surface area contributed by atoms with Crippen molar-refractivity contribution in [3.8, 4) is 0 Å². The lowest BCUT2D eigenvalue weighted by Crippen LogP contribution is -2.37. The molecule has 4 rings (SSSR count). The quantitative estimate of drug-likeness (QED) is 0.629. The molecule has 2 aromatic heterocycles. The number of fused-ring (bicyclic) bond motifs is 1. The van der Waals surface area contributed by atoms with Crippen molar-refractivity contribution < 1.29 is 13.2 Å². The summed E-state index contributed by atoms with van der Waals surface area (Å²) in [6.45, 7) is 3.22. The van der Waals surface area contributed by atoms with Crippen molar-refractivity contribution in [2.45, 2.75) is 11.4 Å². The van der Waals surface area contributed by atoms with Crippen LogP contribution in [0, 0.1) is 0 Å². The number of benzene rings is 1. The molecule has 148 valence electrons. The van der Waals surface area contributed by atoms with E-state index in [1.54, 1.807) is 23.0 Å². The van der Waals surface area contributed by atoms with Crippen LogP contribution in [0.3, 0.4) is 0 Å². The van der Waals surface area contributed by atoms with E-state index < -0.39 is 10.0 Å². The monoisotopic (exact) mass is 403 g/mol. The third-order valence-electron chi connectivity index (χ3n) is 4.59. The van der Waals surface area contributed by atoms with E-state index in [1.165, 1.54) is 12.1 Å². The van der Waals surface area contributed by atoms with E-state index in [-0.39, 0.29) is 4.90 Å². The molecule has 1 aromatic carbocycles. The lowest BCUT2D eigenvalue weighted by Gasteiger charge is -2.27. The zero-order valence-electron chi connectivity index (χ0n) is 15.4. The Bertz CT molecular complexity index is 1090. The van der Waals surface area contributed by atoms with Crippen molar-refractivity contribution in [1.29, 1.82) is 0 Å². The molecular formula is C17H21N7O3S. The summed E-state index contributed by atoms with van der Waals surface area (Å²) in [7, 11) is -1.86. The summed E-state index contributed by atoms with van der Waals surface area (Å²) < 4.78 is 29.9. The highest BCUT2D eigenvalue weighted by atomic mass is 32.2. The lowest BCUT2D eigenvalue weighted by atomic mass is 10.2. The zero-order chi connectivity index (χ0) is 19.7. The smallest absolute Gasteiger partial charge is 0.238 e. The average molecular weight is 403 g/mol. The van der Waals surface area contributed by atoms with Gasteiger partial charge in [-0.15, -0.1) is 0 Å². The summed E-state index contributed by atoms with van der Waals surface area (Å²) >= 11 is 0. The third-order valence-corrected chi connectivity index (χ3v) is 5.52. The summed E-state index contributed by atoms with van der Waals surface area (Å²) in [5.41, 5.74) is 1.64. The van der Waals surface area contributed by atoms with Crippen LogP contribution in [-0.4, -0.2) is 54.5 Å². The van der Waals surface area contributed by atoms with Crippen molar-refractivity contribution >= 4 is 32.8 Å². The van der Waals surface area contributed by atoms with Gasteiger partial charge in [-0.3, -0.25) is 4.68 Å². The topological polar surface area (TPSA) is 128 Å². The Balaban J connectivity index is 1.60. The van der Waals surface area contributed by atoms with Gasteiger partial charge in [0.15, 0.2) is 5.65 Å². The predicted molar refractivity (Wildman–Crippen MR) is 104 cm³/mol. The van der Waals surface area contributed by atoms with E-state index in [0.29, 0.717) is 31.5 Å². The fraction of sp³-hybridized carbons (Fsp3) is 0.353. The Labute approximate surface area is 162 Å². The van der Waals surface area contributed by atoms with Gasteiger partial charge in [0.05, 0.1) is 29.7 Å². The fourth-order valence-corrected chi connectivity index (χ4v) is 3.55. The number of nitrogens with zero attached hydrogens (tertiary/aromatic N) is 5. The highest BCUT2D eigenvalue weighted by Crippen LogP contribution is 2.24. The minimum Gasteiger partial charge on any atom is -0.378 e. The molecule has 0 amide bonds. The van der Waals surface area contributed by atoms with Gasteiger partial charge in [0.1, 0.15) is 5.82 Å². The first-order valence-electron chi connectivity index (χ1n) is 8.80. The van der Waals surface area contributed by atoms with E-state index in [1.807, 2.05) is 7.05 Å². The molecule has 0 saturated carbocycles. The normalized spacial score (nSPS) is 15.1. The highest BCUT2D eigenvalue weighted by molar-refractivity contribution is 7.89. The molecule has 3 heterocycles. The molecule has 10 nitrogen and oxygen atoms in total. The number of aromatic nitrogens is 4. The van der Waals surface area contributed by atoms with Crippen LogP contribution in [0.15, 0.2) is 35.4 Å². The number of ether oxygens (including phenoxy) is 1. The molecule has 0 radical (unpaired) electrons. The second-order valence-corrected chi connectivity index (χ2v) is 8.08. The first-order valence-corrected chi connectivity index (χ1v) is 10.3. The van der Waals surface area contributed by atoms with Gasteiger partial charge in [-0.25, -0.2) is 13.6 Å². The Morgan fingerprint density at radius 3 is 2.57 bits per heavy atom. The summed E-state index contributed by atoms with van der Waals surface area (Å²) in [5, 5.41) is 13.6. The van der Waals surface area contributed by atoms with Gasteiger partial charge in [-0.05, 0) is 17.7 Å². The first-order chi connectivity index (χ1) is 13.4. The molecule has 0 aliphatic carbocycles. The van der Waals surface area contributed by atoms with Crippen molar-refractivity contribution in [2.75, 3.05) is 36.5 Å². The van der Waals surface area contributed by atoms with Crippen LogP contribution in [0.1, 0.15) is 5.56 Å². The lowest BCUT2D eigenvalue weighted by molar-refractivity contribution is 0.122. The Kier molecular flexibility index (Phi) is 4.87. The molecule has 1 aliphatic rings. The van der Waals surface area contributed by atoms with Gasteiger partial charge in [0.2, 0.25) is 16.0 Å². The molecule has 0 atom stereocenters. The molecule has 1 saturated heterocycles. The maximum Gasteiger partial charge on any atom is 0.238 e. The third kappa shape index (κ3) is 3.77. The molecule has 11 heteroatoms. The number of morpholine rings is 1. The second kappa shape index (κ2) is 7.34. The molecule has 3 aromatic rings. The van der Waals surface area contributed by atoms with Crippen LogP contribution in [0.5, 0.6) is 0 Å². The number of aryl methyl sites for hydroxylation is 1. The van der Waals surface area contributed by atoms with E-state index in [4.69, 9.17) is 9.88 Å². The minimum atomic E-state index is -3.70. The molecule has 0 unspecified atom stereocenters. The van der Waals surface area contributed by atoms with Gasteiger partial charge in [-0.1, -0.05) is 12.1 Å². The van der Waals surface area contributed by atoms with E-state index in [9.17, 15) is 8.42 Å². The fourth-order valence-electron chi connectivity index (χ4n) is 3.03. The van der Waals surface area contributed by atoms with Gasteiger partial charge < -0.3 is 15.0 Å². The standard InChI is InChI=1S/C17H21N7O3S/c1-23-16-14(11-20-23)15(21-17(22-16)24-6-8-27-9-7-24)19-10-12-2-4-13(5-3-12)28(18,25)26/h2-5,11H,6-10H2,1H3,(H2,18,25,26)(H,19,21,22). The van der Waals surface area contributed by atoms with Gasteiger partial charge in [0.25, 0.3) is 0 Å². The van der Waals surface area contributed by atoms with E-state index >= 15 is 0 Å². The molecule has 0 bridgehead atoms. The average Bonchev–Trinajstić information content (AvgIpc) is 3.07. The van der Waals surface area contributed by atoms with E-state index in [0.717, 1.165) is 29.7 Å². The Morgan fingerprint density at radius 2 is 1.89 bits per heavy atom. The van der Waals surface area contributed by atoms with Crippen molar-refractivity contribution in [3.63, 3.8) is 0 Å². The summed E-state index contributed by atoms with van der Waals surface area (Å²) in [5.74, 6) is 1.31. The van der Waals surface area contributed by atoms with Crippen LogP contribution in [0.2, 0.25) is 0 Å². The number of primary sulfonamides is 1. The second-order valence-electron chi connectivity index (χ2n) is 6.52. The van der Waals surface area contributed by atoms with Crippen LogP contribution in [0.4, 0.5) is 11.8 Å². The number of nitrogens with two attached hydrogens (primary N) is 1. The van der Waals surface area contributed by atoms with Gasteiger partial charge in [-0.2, -0.15) is 15.1 Å². The SMILES string of the molecule is Cn1ncc2c(NCc3ccc(S(N)(=O)=O)cc3)nc(N3CCOCC3)nc21. The minimum absolute atomic E-state index is 0.0857. The Hall–Kier alpha value is -2.76. The van der Waals surface area contributed by atoms with Crippen molar-refractivity contribution in [2.24, 2.45) is 12.2 Å². The number of rotatable bonds is 5.